The zero-order valence-corrected chi connectivity index (χ0v) is 90.9. The number of nitrogens with zero attached hydrogens (tertiary/aromatic N) is 1. The van der Waals surface area contributed by atoms with Gasteiger partial charge in [-0.2, -0.15) is 0 Å². The number of thiophene rings is 1. The average Bonchev–Trinajstić information content (AvgIpc) is 1.62. The highest BCUT2D eigenvalue weighted by Gasteiger charge is 2.35. The van der Waals surface area contributed by atoms with E-state index in [-0.39, 0.29) is 65.7 Å². The number of amides is 5. The second-order valence-corrected chi connectivity index (χ2v) is 44.9. The highest BCUT2D eigenvalue weighted by Crippen LogP contribution is 2.46. The highest BCUT2D eigenvalue weighted by molar-refractivity contribution is 9.11. The van der Waals surface area contributed by atoms with Gasteiger partial charge in [-0.3, -0.25) is 24.0 Å². The Kier molecular flexibility index (Phi) is 29.2. The second-order valence-electron chi connectivity index (χ2n) is 38.0. The van der Waals surface area contributed by atoms with Gasteiger partial charge in [-0.25, -0.2) is 4.98 Å². The Labute approximate surface area is 905 Å². The van der Waals surface area contributed by atoms with E-state index in [1.807, 2.05) is 139 Å². The number of oxazole rings is 1. The van der Waals surface area contributed by atoms with Crippen LogP contribution in [-0.2, 0) is 38.5 Å². The molecule has 22 nitrogen and oxygen atoms in total. The molecule has 0 fully saturated rings. The van der Waals surface area contributed by atoms with E-state index >= 15 is 0 Å². The fraction of sp³-hybridized carbons (Fsp3) is 0.214. The van der Waals surface area contributed by atoms with E-state index in [0.29, 0.717) is 33.5 Å². The van der Waals surface area contributed by atoms with Crippen molar-refractivity contribution in [3.05, 3.63) is 393 Å². The van der Waals surface area contributed by atoms with Crippen LogP contribution in [0, 0.1) is 0 Å². The van der Waals surface area contributed by atoms with Gasteiger partial charge in [0.25, 0.3) is 29.5 Å². The number of aromatic nitrogens is 9. The number of benzene rings is 10. The van der Waals surface area contributed by atoms with Crippen molar-refractivity contribution in [2.45, 2.75) is 152 Å². The lowest BCUT2D eigenvalue weighted by molar-refractivity contribution is 0.0900. The Morgan fingerprint density at radius 3 is 1.20 bits per heavy atom. The summed E-state index contributed by atoms with van der Waals surface area (Å²) in [5.74, 6) is 2.40. The lowest BCUT2D eigenvalue weighted by Gasteiger charge is -2.24. The summed E-state index contributed by atoms with van der Waals surface area (Å²) in [5.41, 5.74) is 27.4. The van der Waals surface area contributed by atoms with Crippen LogP contribution in [0.3, 0.4) is 0 Å². The van der Waals surface area contributed by atoms with Gasteiger partial charge in [0.2, 0.25) is 5.89 Å². The molecular weight excluding hydrogens is 2280 g/mol. The summed E-state index contributed by atoms with van der Waals surface area (Å²) in [5, 5.41) is 27.1. The van der Waals surface area contributed by atoms with Gasteiger partial charge >= 0.3 is 0 Å². The summed E-state index contributed by atoms with van der Waals surface area (Å²) in [6, 6.07) is 81.2. The van der Waals surface area contributed by atoms with Gasteiger partial charge in [-0.1, -0.05) is 144 Å². The standard InChI is InChI=1S/C23H18BrClN2O2.C21H18BrN3O.C20H19BrN2O2.C19H15BrN2O.C17H16BrN3O.C17H15BrN2OS/c24-14-6-9-18-17(12-14)16-2-1-3-19(22(16)26-18)27-23(28)21-11-10-20(29-21)13-4-7-15(25)8-5-13;22-13-8-9-17-15(11-13)14-5-3-7-18(20(14)24-17)25-21(26)19-10-12-4-1-2-6-16(12)23-19;1-25-14-8-5-12(6-9-14)20(24)23-18-4-2-3-15-16-11-13(21)7-10-17(16)22-19(15)18;20-11-8-9-15-14(10-11)12-4-3-5-13(18(12)21-15)19-22-16-6-1-2-7-17(16)23-19;18-10-6-7-13-12(9-10)11-3-1-4-14(16(11)20-13)21-17(22)15-5-2-8-19-15;18-10-6-7-13-12(9-10)11-3-1-4-14(16(11)19-13)20-17(21)15-5-2-8-22-15/h4-12,19,26H,1-3H2,(H,27,28);1-2,4,6,8-11,18,23-24H,3,5,7H2,(H,25,26);5-11,18,22H,2-4H2,1H3,(H,23,24);1-2,6-10,13,21H,3-5H2;2,5-9,14,19-20H,1,3-4H2,(H,21,22);2,5-9,14,19H,1,3-4H2,(H,20,21). The van der Waals surface area contributed by atoms with E-state index in [0.717, 1.165) is 237 Å². The lowest BCUT2D eigenvalue weighted by atomic mass is 9.86. The fourth-order valence-electron chi connectivity index (χ4n) is 21.8. The number of nitrogens with one attached hydrogen (secondary N) is 13. The summed E-state index contributed by atoms with van der Waals surface area (Å²) < 4.78 is 23.5. The first-order valence-corrected chi connectivity index (χ1v) is 55.6. The number of H-pyrrole nitrogens is 8. The predicted molar refractivity (Wildman–Crippen MR) is 606 cm³/mol. The Hall–Kier alpha value is -13.0. The van der Waals surface area contributed by atoms with E-state index in [1.165, 1.54) is 93.9 Å². The molecule has 0 spiro atoms. The van der Waals surface area contributed by atoms with Crippen molar-refractivity contribution in [3.63, 3.8) is 0 Å². The molecule has 13 N–H and O–H groups in total. The Morgan fingerprint density at radius 2 is 0.776 bits per heavy atom. The molecule has 21 aromatic rings. The smallest absolute Gasteiger partial charge is 0.287 e. The predicted octanol–water partition coefficient (Wildman–Crippen LogP) is 31.0. The fourth-order valence-corrected chi connectivity index (χ4v) is 24.8. The van der Waals surface area contributed by atoms with Crippen LogP contribution in [-0.4, -0.2) is 81.5 Å². The van der Waals surface area contributed by atoms with Crippen molar-refractivity contribution in [3.8, 4) is 17.1 Å². The summed E-state index contributed by atoms with van der Waals surface area (Å²) in [6.45, 7) is 0. The quantitative estimate of drug-likeness (QED) is 0.0521. The van der Waals surface area contributed by atoms with Crippen LogP contribution in [0.4, 0.5) is 0 Å². The summed E-state index contributed by atoms with van der Waals surface area (Å²) in [6.07, 6.45) is 20.5. The highest BCUT2D eigenvalue weighted by atomic mass is 79.9. The number of hydrogen-bond donors (Lipinski definition) is 13. The van der Waals surface area contributed by atoms with E-state index in [9.17, 15) is 24.0 Å². The van der Waals surface area contributed by atoms with Gasteiger partial charge in [0.05, 0.1) is 48.1 Å². The number of halogens is 7. The van der Waals surface area contributed by atoms with Crippen LogP contribution in [0.1, 0.15) is 238 Å². The van der Waals surface area contributed by atoms with Crippen LogP contribution >= 0.6 is 119 Å². The maximum absolute atomic E-state index is 12.8. The summed E-state index contributed by atoms with van der Waals surface area (Å²) in [7, 11) is 1.62. The van der Waals surface area contributed by atoms with E-state index < -0.39 is 0 Å². The number of furan rings is 1. The van der Waals surface area contributed by atoms with Crippen LogP contribution in [0.25, 0.3) is 98.7 Å². The zero-order valence-electron chi connectivity index (χ0n) is 79.8. The maximum atomic E-state index is 12.8. The Balaban J connectivity index is 0.000000100. The first-order valence-electron chi connectivity index (χ1n) is 49.6. The molecule has 0 saturated carbocycles. The molecule has 30 heteroatoms. The normalized spacial score (nSPS) is 16.9. The molecule has 6 aliphatic rings. The number of carbonyl (C=O) groups excluding carboxylic acids is 5. The van der Waals surface area contributed by atoms with Crippen molar-refractivity contribution in [2.75, 3.05) is 7.11 Å². The molecule has 742 valence electrons. The molecule has 6 unspecified atom stereocenters. The molecule has 147 heavy (non-hydrogen) atoms. The monoisotopic (exact) mass is 2370 g/mol. The molecule has 11 aromatic heterocycles. The molecule has 11 heterocycles. The van der Waals surface area contributed by atoms with Gasteiger partial charge in [0.15, 0.2) is 11.3 Å². The second kappa shape index (κ2) is 43.4. The third-order valence-electron chi connectivity index (χ3n) is 28.8. The van der Waals surface area contributed by atoms with Gasteiger partial charge in [-0.05, 0) is 367 Å². The van der Waals surface area contributed by atoms with E-state index in [1.54, 1.807) is 49.7 Å². The number of rotatable bonds is 13. The number of hydrogen-bond acceptors (Lipinski definition) is 10. The molecule has 0 saturated heterocycles. The van der Waals surface area contributed by atoms with Crippen LogP contribution in [0.2, 0.25) is 5.02 Å². The molecule has 0 radical (unpaired) electrons. The van der Waals surface area contributed by atoms with Gasteiger partial charge in [-0.15, -0.1) is 11.3 Å². The minimum absolute atomic E-state index is 0.0174. The van der Waals surface area contributed by atoms with Gasteiger partial charge in [0.1, 0.15) is 28.4 Å². The zero-order chi connectivity index (χ0) is 101. The van der Waals surface area contributed by atoms with Crippen molar-refractivity contribution in [2.24, 2.45) is 0 Å². The molecule has 5 amide bonds. The molecule has 6 atom stereocenters. The Bertz CT molecular complexity index is 8310. The van der Waals surface area contributed by atoms with Crippen LogP contribution in [0.5, 0.6) is 5.75 Å². The molecule has 0 aliphatic heterocycles. The lowest BCUT2D eigenvalue weighted by Crippen LogP contribution is -2.31. The number of methoxy groups -OCH3 is 1. The SMILES string of the molecule is Brc1ccc2[nH]c3c(c2c1)CCCC3c1nc2ccccc2o1.COc1ccc(C(=O)NC2CCCc3c2[nH]c2ccc(Br)cc32)cc1.O=C(NC1CCCc2c1[nH]c1ccc(Br)cc21)c1cc2ccccc2[nH]1.O=C(NC1CCCc2c1[nH]c1ccc(Br)cc21)c1ccc(-c2ccc(Cl)cc2)o1.O=C(NC1CCCc2c1[nH]c1ccc(Br)cc21)c1ccc[nH]1.O=C(NC1CCCc2c1[nH]c1ccc(Br)cc21)c1cccs1. The van der Waals surface area contributed by atoms with E-state index in [4.69, 9.17) is 30.2 Å². The molecule has 27 rings (SSSR count). The number of para-hydroxylation sites is 3. The van der Waals surface area contributed by atoms with Crippen molar-refractivity contribution < 1.29 is 37.5 Å². The number of fused-ring (bicyclic) bond motifs is 20. The molecule has 0 bridgehead atoms. The summed E-state index contributed by atoms with van der Waals surface area (Å²) in [4.78, 5) is 95.7. The maximum Gasteiger partial charge on any atom is 0.287 e. The number of aromatic amines is 8. The molecule has 10 aromatic carbocycles. The van der Waals surface area contributed by atoms with Crippen LogP contribution in [0.15, 0.2) is 296 Å². The van der Waals surface area contributed by atoms with Gasteiger partial charge in [0, 0.05) is 160 Å². The third-order valence-corrected chi connectivity index (χ3v) is 32.9. The number of ether oxygens (including phenoxy) is 1. The number of aryl methyl sites for hydroxylation is 6. The molecule has 6 aliphatic carbocycles. The topological polar surface area (TPSA) is 320 Å². The first kappa shape index (κ1) is 98.7. The van der Waals surface area contributed by atoms with E-state index in [2.05, 4.69) is 241 Å². The number of carbonyl (C=O) groups is 5. The van der Waals surface area contributed by atoms with Crippen molar-refractivity contribution in [1.82, 2.24) is 71.4 Å². The van der Waals surface area contributed by atoms with Gasteiger partial charge < -0.3 is 80.0 Å². The minimum atomic E-state index is -0.206. The summed E-state index contributed by atoms with van der Waals surface area (Å²) >= 11 is 28.7. The van der Waals surface area contributed by atoms with Crippen molar-refractivity contribution in [1.29, 1.82) is 0 Å². The van der Waals surface area contributed by atoms with Crippen LogP contribution < -0.4 is 31.3 Å². The third kappa shape index (κ3) is 21.2. The minimum Gasteiger partial charge on any atom is -0.497 e. The first-order chi connectivity index (χ1) is 71.7. The van der Waals surface area contributed by atoms with Crippen molar-refractivity contribution >= 4 is 235 Å². The largest absolute Gasteiger partial charge is 0.497 e. The average molecular weight is 2380 g/mol. The molecular formula is C117H101Br6ClN14O8S. The Morgan fingerprint density at radius 1 is 0.367 bits per heavy atom.